The SMILES string of the molecule is COCCSc1nnc(NC(=O)[C@@H]2CC(=O)N(CCc3ccc(F)cc3)C2)s1. The molecule has 10 heteroatoms. The lowest BCUT2D eigenvalue weighted by atomic mass is 10.1. The van der Waals surface area contributed by atoms with Crippen LogP contribution in [0.5, 0.6) is 0 Å². The molecule has 1 aliphatic heterocycles. The molecule has 0 bridgehead atoms. The third kappa shape index (κ3) is 5.73. The van der Waals surface area contributed by atoms with Gasteiger partial charge in [0.25, 0.3) is 0 Å². The van der Waals surface area contributed by atoms with E-state index in [0.29, 0.717) is 31.2 Å². The molecule has 3 rings (SSSR count). The van der Waals surface area contributed by atoms with Gasteiger partial charge in [0, 0.05) is 32.4 Å². The first-order chi connectivity index (χ1) is 13.5. The average molecular weight is 425 g/mol. The first-order valence-electron chi connectivity index (χ1n) is 8.83. The predicted octanol–water partition coefficient (Wildman–Crippen LogP) is 2.45. The van der Waals surface area contributed by atoms with E-state index < -0.39 is 5.92 Å². The Morgan fingerprint density at radius 2 is 2.18 bits per heavy atom. The van der Waals surface area contributed by atoms with Gasteiger partial charge in [-0.15, -0.1) is 10.2 Å². The van der Waals surface area contributed by atoms with Crippen LogP contribution in [0, 0.1) is 11.7 Å². The molecule has 1 fully saturated rings. The van der Waals surface area contributed by atoms with E-state index in [1.807, 2.05) is 0 Å². The lowest BCUT2D eigenvalue weighted by Gasteiger charge is -2.16. The number of benzene rings is 1. The third-order valence-electron chi connectivity index (χ3n) is 4.32. The quantitative estimate of drug-likeness (QED) is 0.378. The minimum absolute atomic E-state index is 0.0460. The van der Waals surface area contributed by atoms with Crippen molar-refractivity contribution in [2.24, 2.45) is 5.92 Å². The number of carbonyl (C=O) groups is 2. The van der Waals surface area contributed by atoms with E-state index in [1.165, 1.54) is 35.2 Å². The van der Waals surface area contributed by atoms with Gasteiger partial charge in [-0.1, -0.05) is 35.2 Å². The number of amides is 2. The molecule has 0 unspecified atom stereocenters. The molecular formula is C18H21FN4O3S2. The van der Waals surface area contributed by atoms with Gasteiger partial charge in [0.05, 0.1) is 12.5 Å². The molecule has 0 radical (unpaired) electrons. The smallest absolute Gasteiger partial charge is 0.231 e. The lowest BCUT2D eigenvalue weighted by Crippen LogP contribution is -2.30. The van der Waals surface area contributed by atoms with Crippen LogP contribution in [0.15, 0.2) is 28.6 Å². The second-order valence-corrected chi connectivity index (χ2v) is 8.64. The van der Waals surface area contributed by atoms with Crippen molar-refractivity contribution >= 4 is 40.0 Å². The van der Waals surface area contributed by atoms with Crippen molar-refractivity contribution in [2.75, 3.05) is 37.9 Å². The summed E-state index contributed by atoms with van der Waals surface area (Å²) in [6.45, 7) is 1.50. The fraction of sp³-hybridized carbons (Fsp3) is 0.444. The Bertz CT molecular complexity index is 815. The number of carbonyl (C=O) groups excluding carboxylic acids is 2. The van der Waals surface area contributed by atoms with Crippen molar-refractivity contribution in [1.82, 2.24) is 15.1 Å². The van der Waals surface area contributed by atoms with Gasteiger partial charge < -0.3 is 15.0 Å². The van der Waals surface area contributed by atoms with Crippen LogP contribution in [-0.2, 0) is 20.7 Å². The number of thioether (sulfide) groups is 1. The highest BCUT2D eigenvalue weighted by Gasteiger charge is 2.34. The number of halogens is 1. The van der Waals surface area contributed by atoms with E-state index in [4.69, 9.17) is 4.74 Å². The number of methoxy groups -OCH3 is 1. The third-order valence-corrected chi connectivity index (χ3v) is 6.25. The van der Waals surface area contributed by atoms with Gasteiger partial charge >= 0.3 is 0 Å². The number of anilines is 1. The van der Waals surface area contributed by atoms with Crippen molar-refractivity contribution in [1.29, 1.82) is 0 Å². The van der Waals surface area contributed by atoms with Crippen LogP contribution in [0.3, 0.4) is 0 Å². The van der Waals surface area contributed by atoms with Crippen LogP contribution in [0.4, 0.5) is 9.52 Å². The van der Waals surface area contributed by atoms with Crippen molar-refractivity contribution in [3.8, 4) is 0 Å². The summed E-state index contributed by atoms with van der Waals surface area (Å²) in [5.41, 5.74) is 0.953. The van der Waals surface area contributed by atoms with Crippen LogP contribution in [-0.4, -0.2) is 59.5 Å². The molecule has 2 amide bonds. The van der Waals surface area contributed by atoms with Crippen LogP contribution in [0.25, 0.3) is 0 Å². The average Bonchev–Trinajstić information content (AvgIpc) is 3.28. The molecule has 7 nitrogen and oxygen atoms in total. The summed E-state index contributed by atoms with van der Waals surface area (Å²) < 4.78 is 18.7. The van der Waals surface area contributed by atoms with Gasteiger partial charge in [0.15, 0.2) is 4.34 Å². The van der Waals surface area contributed by atoms with Crippen molar-refractivity contribution in [3.63, 3.8) is 0 Å². The molecule has 1 saturated heterocycles. The number of likely N-dealkylation sites (tertiary alicyclic amines) is 1. The Morgan fingerprint density at radius 3 is 2.93 bits per heavy atom. The second-order valence-electron chi connectivity index (χ2n) is 6.32. The summed E-state index contributed by atoms with van der Waals surface area (Å²) in [6.07, 6.45) is 0.808. The summed E-state index contributed by atoms with van der Waals surface area (Å²) in [5.74, 6) is -0.194. The molecule has 150 valence electrons. The van der Waals surface area contributed by atoms with E-state index in [2.05, 4.69) is 15.5 Å². The monoisotopic (exact) mass is 424 g/mol. The first kappa shape index (κ1) is 20.7. The van der Waals surface area contributed by atoms with Gasteiger partial charge in [-0.2, -0.15) is 0 Å². The zero-order valence-corrected chi connectivity index (χ0v) is 17.0. The van der Waals surface area contributed by atoms with Crippen LogP contribution >= 0.6 is 23.1 Å². The summed E-state index contributed by atoms with van der Waals surface area (Å²) in [5, 5.41) is 11.2. The first-order valence-corrected chi connectivity index (χ1v) is 10.6. The van der Waals surface area contributed by atoms with Gasteiger partial charge in [-0.05, 0) is 24.1 Å². The largest absolute Gasteiger partial charge is 0.384 e. The summed E-state index contributed by atoms with van der Waals surface area (Å²) in [7, 11) is 1.64. The normalized spacial score (nSPS) is 16.6. The van der Waals surface area contributed by atoms with Gasteiger partial charge in [0.1, 0.15) is 5.82 Å². The molecule has 2 heterocycles. The minimum atomic E-state index is -0.408. The highest BCUT2D eigenvalue weighted by atomic mass is 32.2. The lowest BCUT2D eigenvalue weighted by molar-refractivity contribution is -0.128. The Labute approximate surface area is 170 Å². The van der Waals surface area contributed by atoms with Gasteiger partial charge in [-0.25, -0.2) is 4.39 Å². The van der Waals surface area contributed by atoms with Crippen LogP contribution < -0.4 is 5.32 Å². The van der Waals surface area contributed by atoms with E-state index in [9.17, 15) is 14.0 Å². The maximum absolute atomic E-state index is 13.0. The summed E-state index contributed by atoms with van der Waals surface area (Å²) in [4.78, 5) is 26.4. The standard InChI is InChI=1S/C18H21FN4O3S2/c1-26-8-9-27-18-22-21-17(28-18)20-16(25)13-10-15(24)23(11-13)7-6-12-2-4-14(19)5-3-12/h2-5,13H,6-11H2,1H3,(H,20,21,25)/t13-/m1/s1. The van der Waals surface area contributed by atoms with Crippen LogP contribution in [0.1, 0.15) is 12.0 Å². The Hall–Kier alpha value is -2.04. The number of ether oxygens (including phenoxy) is 1. The van der Waals surface area contributed by atoms with E-state index in [-0.39, 0.29) is 24.1 Å². The molecule has 2 aromatic rings. The molecule has 1 N–H and O–H groups in total. The Kier molecular flexibility index (Phi) is 7.35. The zero-order valence-electron chi connectivity index (χ0n) is 15.4. The molecule has 1 aliphatic rings. The minimum Gasteiger partial charge on any atom is -0.384 e. The van der Waals surface area contributed by atoms with E-state index in [0.717, 1.165) is 15.7 Å². The molecule has 0 aliphatic carbocycles. The Morgan fingerprint density at radius 1 is 1.39 bits per heavy atom. The van der Waals surface area contributed by atoms with Gasteiger partial charge in [-0.3, -0.25) is 9.59 Å². The molecule has 1 atom stereocenters. The number of hydrogen-bond donors (Lipinski definition) is 1. The fourth-order valence-electron chi connectivity index (χ4n) is 2.82. The van der Waals surface area contributed by atoms with Crippen molar-refractivity contribution in [3.05, 3.63) is 35.6 Å². The summed E-state index contributed by atoms with van der Waals surface area (Å²) >= 11 is 2.82. The van der Waals surface area contributed by atoms with Crippen LogP contribution in [0.2, 0.25) is 0 Å². The predicted molar refractivity (Wildman–Crippen MR) is 106 cm³/mol. The molecule has 1 aromatic heterocycles. The fourth-order valence-corrected chi connectivity index (χ4v) is 4.54. The zero-order chi connectivity index (χ0) is 19.9. The maximum Gasteiger partial charge on any atom is 0.231 e. The molecule has 1 aromatic carbocycles. The number of nitrogens with one attached hydrogen (secondary N) is 1. The number of rotatable bonds is 9. The maximum atomic E-state index is 13.0. The number of hydrogen-bond acceptors (Lipinski definition) is 7. The highest BCUT2D eigenvalue weighted by Crippen LogP contribution is 2.26. The van der Waals surface area contributed by atoms with E-state index in [1.54, 1.807) is 24.1 Å². The molecular weight excluding hydrogens is 403 g/mol. The second kappa shape index (κ2) is 9.94. The summed E-state index contributed by atoms with van der Waals surface area (Å²) in [6, 6.07) is 6.22. The topological polar surface area (TPSA) is 84.4 Å². The highest BCUT2D eigenvalue weighted by molar-refractivity contribution is 8.01. The van der Waals surface area contributed by atoms with Gasteiger partial charge in [0.2, 0.25) is 16.9 Å². The Balaban J connectivity index is 1.47. The number of aromatic nitrogens is 2. The number of nitrogens with zero attached hydrogens (tertiary/aromatic N) is 3. The molecule has 0 saturated carbocycles. The van der Waals surface area contributed by atoms with Crippen molar-refractivity contribution < 1.29 is 18.7 Å². The van der Waals surface area contributed by atoms with E-state index >= 15 is 0 Å². The van der Waals surface area contributed by atoms with Crippen molar-refractivity contribution in [2.45, 2.75) is 17.2 Å². The molecule has 28 heavy (non-hydrogen) atoms. The molecule has 0 spiro atoms.